The van der Waals surface area contributed by atoms with Crippen LogP contribution in [-0.4, -0.2) is 26.4 Å². The highest BCUT2D eigenvalue weighted by Crippen LogP contribution is 2.34. The van der Waals surface area contributed by atoms with Crippen molar-refractivity contribution in [1.82, 2.24) is 19.9 Å². The van der Waals surface area contributed by atoms with Gasteiger partial charge in [0.25, 0.3) is 0 Å². The van der Waals surface area contributed by atoms with Gasteiger partial charge in [-0.2, -0.15) is 0 Å². The van der Waals surface area contributed by atoms with Crippen molar-refractivity contribution in [2.45, 2.75) is 45.7 Å². The van der Waals surface area contributed by atoms with Gasteiger partial charge < -0.3 is 4.98 Å². The maximum Gasteiger partial charge on any atom is 0.130 e. The number of rotatable bonds is 3. The van der Waals surface area contributed by atoms with Crippen molar-refractivity contribution < 1.29 is 0 Å². The Labute approximate surface area is 142 Å². The van der Waals surface area contributed by atoms with Crippen LogP contribution in [0.5, 0.6) is 0 Å². The van der Waals surface area contributed by atoms with Crippen molar-refractivity contribution >= 4 is 10.9 Å². The summed E-state index contributed by atoms with van der Waals surface area (Å²) in [5.74, 6) is 1.30. The zero-order valence-electron chi connectivity index (χ0n) is 14.6. The number of aromatic amines is 1. The molecule has 1 aliphatic heterocycles. The molecule has 4 nitrogen and oxygen atoms in total. The van der Waals surface area contributed by atoms with Gasteiger partial charge in [-0.3, -0.25) is 4.90 Å². The summed E-state index contributed by atoms with van der Waals surface area (Å²) in [6, 6.07) is 9.00. The third-order valence-electron chi connectivity index (χ3n) is 5.09. The van der Waals surface area contributed by atoms with E-state index < -0.39 is 0 Å². The zero-order valence-corrected chi connectivity index (χ0v) is 14.6. The number of para-hydroxylation sites is 1. The van der Waals surface area contributed by atoms with E-state index in [1.54, 1.807) is 0 Å². The van der Waals surface area contributed by atoms with Crippen LogP contribution in [0, 0.1) is 0 Å². The third kappa shape index (κ3) is 2.61. The maximum absolute atomic E-state index is 4.50. The van der Waals surface area contributed by atoms with Crippen LogP contribution in [0.4, 0.5) is 0 Å². The van der Waals surface area contributed by atoms with Crippen LogP contribution in [0.15, 0.2) is 36.7 Å². The summed E-state index contributed by atoms with van der Waals surface area (Å²) >= 11 is 0. The van der Waals surface area contributed by atoms with Crippen molar-refractivity contribution in [1.29, 1.82) is 0 Å². The van der Waals surface area contributed by atoms with Crippen LogP contribution in [0.2, 0.25) is 0 Å². The highest BCUT2D eigenvalue weighted by atomic mass is 15.2. The molecule has 24 heavy (non-hydrogen) atoms. The van der Waals surface area contributed by atoms with Gasteiger partial charge in [0.15, 0.2) is 0 Å². The van der Waals surface area contributed by atoms with Gasteiger partial charge in [-0.25, -0.2) is 9.97 Å². The minimum atomic E-state index is 0.377. The smallest absolute Gasteiger partial charge is 0.130 e. The standard InChI is InChI=1S/C20H24N4/c1-13(2)20-21-10-15(11-22-20)12-24-9-8-17-16-6-4-5-7-18(16)23-19(17)14(24)3/h4-7,10-11,13-14,23H,8-9,12H2,1-3H3. The molecule has 3 heterocycles. The van der Waals surface area contributed by atoms with E-state index >= 15 is 0 Å². The molecule has 1 atom stereocenters. The first kappa shape index (κ1) is 15.3. The van der Waals surface area contributed by atoms with Gasteiger partial charge in [-0.05, 0) is 25.0 Å². The molecule has 1 aromatic carbocycles. The predicted molar refractivity (Wildman–Crippen MR) is 96.9 cm³/mol. The summed E-state index contributed by atoms with van der Waals surface area (Å²) in [5, 5.41) is 1.38. The Balaban J connectivity index is 1.57. The van der Waals surface area contributed by atoms with E-state index in [0.717, 1.165) is 25.3 Å². The first-order valence-electron chi connectivity index (χ1n) is 8.78. The molecule has 0 aliphatic carbocycles. The minimum absolute atomic E-state index is 0.377. The highest BCUT2D eigenvalue weighted by molar-refractivity contribution is 5.85. The Bertz CT molecular complexity index is 848. The highest BCUT2D eigenvalue weighted by Gasteiger charge is 2.27. The Kier molecular flexibility index (Phi) is 3.85. The molecule has 0 radical (unpaired) electrons. The van der Waals surface area contributed by atoms with Crippen LogP contribution >= 0.6 is 0 Å². The predicted octanol–water partition coefficient (Wildman–Crippen LogP) is 4.20. The molecular weight excluding hydrogens is 296 g/mol. The Morgan fingerprint density at radius 3 is 2.71 bits per heavy atom. The summed E-state index contributed by atoms with van der Waals surface area (Å²) in [4.78, 5) is 15.1. The van der Waals surface area contributed by atoms with E-state index in [4.69, 9.17) is 0 Å². The lowest BCUT2D eigenvalue weighted by atomic mass is 9.98. The molecule has 1 aliphatic rings. The molecule has 2 aromatic heterocycles. The quantitative estimate of drug-likeness (QED) is 0.786. The van der Waals surface area contributed by atoms with Crippen LogP contribution in [0.1, 0.15) is 55.4 Å². The van der Waals surface area contributed by atoms with Crippen LogP contribution in [0.3, 0.4) is 0 Å². The summed E-state index contributed by atoms with van der Waals surface area (Å²) in [7, 11) is 0. The number of hydrogen-bond donors (Lipinski definition) is 1. The van der Waals surface area contributed by atoms with Crippen molar-refractivity contribution in [3.8, 4) is 0 Å². The Morgan fingerprint density at radius 2 is 1.96 bits per heavy atom. The lowest BCUT2D eigenvalue weighted by Gasteiger charge is -2.33. The fraction of sp³-hybridized carbons (Fsp3) is 0.400. The fourth-order valence-electron chi connectivity index (χ4n) is 3.67. The lowest BCUT2D eigenvalue weighted by Crippen LogP contribution is -2.33. The van der Waals surface area contributed by atoms with Crippen LogP contribution in [0.25, 0.3) is 10.9 Å². The van der Waals surface area contributed by atoms with Crippen molar-refractivity contribution in [2.24, 2.45) is 0 Å². The fourth-order valence-corrected chi connectivity index (χ4v) is 3.67. The number of hydrogen-bond acceptors (Lipinski definition) is 3. The average Bonchev–Trinajstić information content (AvgIpc) is 2.97. The molecule has 4 rings (SSSR count). The van der Waals surface area contributed by atoms with E-state index in [9.17, 15) is 0 Å². The molecule has 0 bridgehead atoms. The first-order valence-corrected chi connectivity index (χ1v) is 8.78. The molecule has 124 valence electrons. The molecule has 1 unspecified atom stereocenters. The largest absolute Gasteiger partial charge is 0.357 e. The SMILES string of the molecule is CC(C)c1ncc(CN2CCc3c([nH]c4ccccc34)C2C)cn1. The summed E-state index contributed by atoms with van der Waals surface area (Å²) in [6.45, 7) is 8.51. The Morgan fingerprint density at radius 1 is 1.21 bits per heavy atom. The second-order valence-corrected chi connectivity index (χ2v) is 7.06. The third-order valence-corrected chi connectivity index (χ3v) is 5.09. The van der Waals surface area contributed by atoms with Gasteiger partial charge in [0.1, 0.15) is 5.82 Å². The van der Waals surface area contributed by atoms with Crippen molar-refractivity contribution in [3.63, 3.8) is 0 Å². The minimum Gasteiger partial charge on any atom is -0.357 e. The molecular formula is C20H24N4. The number of aromatic nitrogens is 3. The zero-order chi connectivity index (χ0) is 16.7. The van der Waals surface area contributed by atoms with E-state index in [1.807, 2.05) is 12.4 Å². The number of H-pyrrole nitrogens is 1. The van der Waals surface area contributed by atoms with E-state index in [0.29, 0.717) is 12.0 Å². The summed E-state index contributed by atoms with van der Waals surface area (Å²) in [5.41, 5.74) is 5.29. The second kappa shape index (κ2) is 6.02. The van der Waals surface area contributed by atoms with Gasteiger partial charge in [-0.1, -0.05) is 32.0 Å². The van der Waals surface area contributed by atoms with Crippen molar-refractivity contribution in [2.75, 3.05) is 6.54 Å². The average molecular weight is 320 g/mol. The number of nitrogens with one attached hydrogen (secondary N) is 1. The lowest BCUT2D eigenvalue weighted by molar-refractivity contribution is 0.186. The normalized spacial score (nSPS) is 18.2. The van der Waals surface area contributed by atoms with Gasteiger partial charge in [0, 0.05) is 59.6 Å². The van der Waals surface area contributed by atoms with E-state index in [1.165, 1.54) is 27.7 Å². The molecule has 0 saturated heterocycles. The van der Waals surface area contributed by atoms with Crippen LogP contribution < -0.4 is 0 Å². The van der Waals surface area contributed by atoms with E-state index in [-0.39, 0.29) is 0 Å². The van der Waals surface area contributed by atoms with Gasteiger partial charge in [0.05, 0.1) is 0 Å². The van der Waals surface area contributed by atoms with Crippen molar-refractivity contribution in [3.05, 3.63) is 59.3 Å². The molecule has 4 heteroatoms. The molecule has 0 amide bonds. The van der Waals surface area contributed by atoms with Gasteiger partial charge in [-0.15, -0.1) is 0 Å². The first-order chi connectivity index (χ1) is 11.6. The van der Waals surface area contributed by atoms with Gasteiger partial charge in [0.2, 0.25) is 0 Å². The molecule has 0 saturated carbocycles. The summed E-state index contributed by atoms with van der Waals surface area (Å²) in [6.07, 6.45) is 5.06. The maximum atomic E-state index is 4.50. The number of benzene rings is 1. The molecule has 0 fully saturated rings. The second-order valence-electron chi connectivity index (χ2n) is 7.06. The Hall–Kier alpha value is -2.20. The van der Waals surface area contributed by atoms with E-state index in [2.05, 4.69) is 64.9 Å². The molecule has 3 aromatic rings. The number of nitrogens with zero attached hydrogens (tertiary/aromatic N) is 3. The molecule has 0 spiro atoms. The number of fused-ring (bicyclic) bond motifs is 3. The van der Waals surface area contributed by atoms with Gasteiger partial charge >= 0.3 is 0 Å². The molecule has 1 N–H and O–H groups in total. The topological polar surface area (TPSA) is 44.8 Å². The monoisotopic (exact) mass is 320 g/mol. The summed E-state index contributed by atoms with van der Waals surface area (Å²) < 4.78 is 0. The van der Waals surface area contributed by atoms with Crippen LogP contribution in [-0.2, 0) is 13.0 Å².